The molecule has 1 heterocycles. The molecule has 0 bridgehead atoms. The third kappa shape index (κ3) is 3.12. The Morgan fingerprint density at radius 1 is 1.56 bits per heavy atom. The Balaban J connectivity index is 2.87. The van der Waals surface area contributed by atoms with Crippen LogP contribution in [0.3, 0.4) is 0 Å². The third-order valence-electron chi connectivity index (χ3n) is 3.66. The fourth-order valence-corrected chi connectivity index (χ4v) is 2.74. The molecule has 1 amide bonds. The molecule has 0 aliphatic rings. The summed E-state index contributed by atoms with van der Waals surface area (Å²) in [6, 6.07) is 1.97. The Morgan fingerprint density at radius 2 is 2.17 bits per heavy atom. The van der Waals surface area contributed by atoms with Gasteiger partial charge in [-0.25, -0.2) is 0 Å². The molecule has 0 saturated heterocycles. The lowest BCUT2D eigenvalue weighted by Crippen LogP contribution is -2.54. The van der Waals surface area contributed by atoms with Gasteiger partial charge in [0.15, 0.2) is 0 Å². The van der Waals surface area contributed by atoms with Gasteiger partial charge in [0.1, 0.15) is 0 Å². The fraction of sp³-hybridized carbons (Fsp3) is 0.643. The number of nitrogens with one attached hydrogen (secondary N) is 1. The summed E-state index contributed by atoms with van der Waals surface area (Å²) in [5.41, 5.74) is 6.64. The van der Waals surface area contributed by atoms with Gasteiger partial charge in [0, 0.05) is 11.4 Å². The van der Waals surface area contributed by atoms with Gasteiger partial charge >= 0.3 is 0 Å². The Bertz CT molecular complexity index is 425. The molecule has 0 aromatic carbocycles. The van der Waals surface area contributed by atoms with Crippen molar-refractivity contribution in [3.05, 3.63) is 21.4 Å². The smallest absolute Gasteiger partial charge is 0.261 e. The van der Waals surface area contributed by atoms with Gasteiger partial charge in [-0.2, -0.15) is 0 Å². The quantitative estimate of drug-likeness (QED) is 0.862. The molecule has 1 rings (SSSR count). The number of carbonyl (C=O) groups excluding carboxylic acids is 1. The van der Waals surface area contributed by atoms with Crippen LogP contribution >= 0.6 is 11.3 Å². The maximum Gasteiger partial charge on any atom is 0.261 e. The van der Waals surface area contributed by atoms with Crippen LogP contribution in [0.15, 0.2) is 6.07 Å². The molecule has 3 nitrogen and oxygen atoms in total. The topological polar surface area (TPSA) is 55.1 Å². The second-order valence-electron chi connectivity index (χ2n) is 5.30. The highest BCUT2D eigenvalue weighted by molar-refractivity contribution is 7.14. The minimum absolute atomic E-state index is 0.00977. The number of thiophene rings is 1. The van der Waals surface area contributed by atoms with Gasteiger partial charge in [-0.15, -0.1) is 11.3 Å². The molecular weight excluding hydrogens is 244 g/mol. The van der Waals surface area contributed by atoms with Crippen LogP contribution in [0.25, 0.3) is 0 Å². The number of hydrogen-bond donors (Lipinski definition) is 2. The van der Waals surface area contributed by atoms with Crippen molar-refractivity contribution in [2.45, 2.75) is 46.6 Å². The number of carbonyl (C=O) groups is 1. The zero-order chi connectivity index (χ0) is 13.9. The second-order valence-corrected chi connectivity index (χ2v) is 6.44. The lowest BCUT2D eigenvalue weighted by atomic mass is 9.88. The maximum absolute atomic E-state index is 12.2. The minimum atomic E-state index is -0.346. The summed E-state index contributed by atoms with van der Waals surface area (Å²) in [5.74, 6) is 0.294. The Hall–Kier alpha value is -0.870. The number of nitrogens with two attached hydrogens (primary N) is 1. The highest BCUT2D eigenvalue weighted by Crippen LogP contribution is 2.23. The molecule has 0 spiro atoms. The van der Waals surface area contributed by atoms with Gasteiger partial charge in [0.25, 0.3) is 5.91 Å². The van der Waals surface area contributed by atoms with E-state index >= 15 is 0 Å². The maximum atomic E-state index is 12.2. The molecule has 4 heteroatoms. The predicted octanol–water partition coefficient (Wildman–Crippen LogP) is 2.72. The highest BCUT2D eigenvalue weighted by atomic mass is 32.1. The van der Waals surface area contributed by atoms with Crippen molar-refractivity contribution in [3.63, 3.8) is 0 Å². The van der Waals surface area contributed by atoms with E-state index in [0.717, 1.165) is 11.3 Å². The zero-order valence-electron chi connectivity index (χ0n) is 12.0. The van der Waals surface area contributed by atoms with Gasteiger partial charge in [-0.1, -0.05) is 20.8 Å². The normalized spacial score (nSPS) is 14.6. The molecule has 3 N–H and O–H groups in total. The van der Waals surface area contributed by atoms with Crippen LogP contribution in [-0.4, -0.2) is 18.0 Å². The van der Waals surface area contributed by atoms with E-state index in [1.807, 2.05) is 13.0 Å². The summed E-state index contributed by atoms with van der Waals surface area (Å²) in [7, 11) is 0. The Labute approximate surface area is 114 Å². The van der Waals surface area contributed by atoms with Crippen molar-refractivity contribution < 1.29 is 4.79 Å². The highest BCUT2D eigenvalue weighted by Gasteiger charge is 2.29. The molecule has 102 valence electrons. The Morgan fingerprint density at radius 3 is 2.56 bits per heavy atom. The summed E-state index contributed by atoms with van der Waals surface area (Å²) in [4.78, 5) is 14.3. The predicted molar refractivity (Wildman–Crippen MR) is 78.2 cm³/mol. The number of hydrogen-bond acceptors (Lipinski definition) is 3. The molecule has 0 aliphatic carbocycles. The zero-order valence-corrected chi connectivity index (χ0v) is 12.8. The van der Waals surface area contributed by atoms with Crippen molar-refractivity contribution in [1.29, 1.82) is 0 Å². The largest absolute Gasteiger partial charge is 0.345 e. The first-order valence-electron chi connectivity index (χ1n) is 6.46. The molecule has 1 atom stereocenters. The van der Waals surface area contributed by atoms with E-state index in [1.54, 1.807) is 11.3 Å². The first kappa shape index (κ1) is 15.2. The summed E-state index contributed by atoms with van der Waals surface area (Å²) in [5, 5.41) is 3.07. The van der Waals surface area contributed by atoms with E-state index in [4.69, 9.17) is 5.73 Å². The molecule has 0 saturated carbocycles. The van der Waals surface area contributed by atoms with Crippen molar-refractivity contribution in [1.82, 2.24) is 5.32 Å². The van der Waals surface area contributed by atoms with Crippen LogP contribution < -0.4 is 11.1 Å². The average molecular weight is 268 g/mol. The van der Waals surface area contributed by atoms with Crippen molar-refractivity contribution >= 4 is 17.2 Å². The van der Waals surface area contributed by atoms with Crippen LogP contribution in [0.4, 0.5) is 0 Å². The number of aryl methyl sites for hydroxylation is 2. The fourth-order valence-electron chi connectivity index (χ4n) is 1.73. The standard InChI is InChI=1S/C14H24N2OS/c1-6-11-10(4)7-12(18-11)13(17)16-14(5,8-15)9(2)3/h7,9H,6,8,15H2,1-5H3,(H,16,17). The van der Waals surface area contributed by atoms with E-state index in [9.17, 15) is 4.79 Å². The molecular formula is C14H24N2OS. The summed E-state index contributed by atoms with van der Waals surface area (Å²) < 4.78 is 0. The van der Waals surface area contributed by atoms with Gasteiger partial charge in [0.2, 0.25) is 0 Å². The van der Waals surface area contributed by atoms with Crippen LogP contribution in [0, 0.1) is 12.8 Å². The SMILES string of the molecule is CCc1sc(C(=O)NC(C)(CN)C(C)C)cc1C. The van der Waals surface area contributed by atoms with E-state index in [1.165, 1.54) is 10.4 Å². The van der Waals surface area contributed by atoms with Gasteiger partial charge in [-0.05, 0) is 37.8 Å². The lowest BCUT2D eigenvalue weighted by Gasteiger charge is -2.33. The molecule has 0 fully saturated rings. The van der Waals surface area contributed by atoms with E-state index in [-0.39, 0.29) is 11.4 Å². The van der Waals surface area contributed by atoms with Crippen molar-refractivity contribution in [2.24, 2.45) is 11.7 Å². The summed E-state index contributed by atoms with van der Waals surface area (Å²) in [6.45, 7) is 10.8. The molecule has 0 radical (unpaired) electrons. The van der Waals surface area contributed by atoms with Crippen molar-refractivity contribution in [3.8, 4) is 0 Å². The monoisotopic (exact) mass is 268 g/mol. The van der Waals surface area contributed by atoms with Gasteiger partial charge in [0.05, 0.1) is 10.4 Å². The second kappa shape index (κ2) is 5.85. The first-order valence-corrected chi connectivity index (χ1v) is 7.27. The first-order chi connectivity index (χ1) is 8.34. The van der Waals surface area contributed by atoms with Crippen LogP contribution in [0.5, 0.6) is 0 Å². The van der Waals surface area contributed by atoms with Gasteiger partial charge in [-0.3, -0.25) is 4.79 Å². The average Bonchev–Trinajstić information content (AvgIpc) is 2.70. The Kier molecular flexibility index (Phi) is 4.93. The summed E-state index contributed by atoms with van der Waals surface area (Å²) >= 11 is 1.58. The number of rotatable bonds is 5. The van der Waals surface area contributed by atoms with Crippen LogP contribution in [-0.2, 0) is 6.42 Å². The molecule has 1 aromatic heterocycles. The third-order valence-corrected chi connectivity index (χ3v) is 5.04. The molecule has 1 unspecified atom stereocenters. The minimum Gasteiger partial charge on any atom is -0.345 e. The van der Waals surface area contributed by atoms with Crippen LogP contribution in [0.1, 0.15) is 47.8 Å². The molecule has 0 aliphatic heterocycles. The van der Waals surface area contributed by atoms with E-state index in [0.29, 0.717) is 12.5 Å². The van der Waals surface area contributed by atoms with Gasteiger partial charge < -0.3 is 11.1 Å². The lowest BCUT2D eigenvalue weighted by molar-refractivity contribution is 0.0887. The van der Waals surface area contributed by atoms with E-state index in [2.05, 4.69) is 33.0 Å². The number of amides is 1. The van der Waals surface area contributed by atoms with Crippen LogP contribution in [0.2, 0.25) is 0 Å². The summed E-state index contributed by atoms with van der Waals surface area (Å²) in [6.07, 6.45) is 0.974. The van der Waals surface area contributed by atoms with E-state index < -0.39 is 0 Å². The van der Waals surface area contributed by atoms with Crippen molar-refractivity contribution in [2.75, 3.05) is 6.54 Å². The molecule has 18 heavy (non-hydrogen) atoms. The molecule has 1 aromatic rings.